The first-order valence-electron chi connectivity index (χ1n) is 5.79. The van der Waals surface area contributed by atoms with Crippen LogP contribution in [0, 0.1) is 0 Å². The van der Waals surface area contributed by atoms with Gasteiger partial charge >= 0.3 is 5.97 Å². The topological polar surface area (TPSA) is 52.1 Å². The van der Waals surface area contributed by atoms with E-state index in [4.69, 9.17) is 11.6 Å². The number of thiazole rings is 1. The Balaban J connectivity index is 2.09. The number of benzene rings is 1. The van der Waals surface area contributed by atoms with Gasteiger partial charge in [-0.15, -0.1) is 11.3 Å². The lowest BCUT2D eigenvalue weighted by Crippen LogP contribution is -1.98. The molecule has 0 aliphatic carbocycles. The van der Waals surface area contributed by atoms with Gasteiger partial charge in [0.15, 0.2) is 10.0 Å². The van der Waals surface area contributed by atoms with Crippen LogP contribution >= 0.6 is 22.9 Å². The lowest BCUT2D eigenvalue weighted by atomic mass is 10.1. The van der Waals surface area contributed by atoms with E-state index in [1.165, 1.54) is 18.4 Å². The van der Waals surface area contributed by atoms with Crippen LogP contribution in [0.2, 0.25) is 5.15 Å². The molecule has 20 heavy (non-hydrogen) atoms. The fraction of sp³-hybridized carbons (Fsp3) is 0.0714. The molecule has 3 aromatic rings. The van der Waals surface area contributed by atoms with Crippen molar-refractivity contribution in [2.24, 2.45) is 0 Å². The summed E-state index contributed by atoms with van der Waals surface area (Å²) in [6, 6.07) is 9.69. The van der Waals surface area contributed by atoms with Crippen molar-refractivity contribution in [2.75, 3.05) is 7.11 Å². The summed E-state index contributed by atoms with van der Waals surface area (Å²) in [5, 5.41) is 1.88. The number of hydrogen-bond donors (Lipinski definition) is 0. The molecule has 0 aliphatic rings. The van der Waals surface area contributed by atoms with E-state index in [2.05, 4.69) is 14.7 Å². The number of hydrogen-bond acceptors (Lipinski definition) is 5. The largest absolute Gasteiger partial charge is 0.465 e. The van der Waals surface area contributed by atoms with Crippen LogP contribution in [0.1, 0.15) is 9.67 Å². The van der Waals surface area contributed by atoms with Gasteiger partial charge in [0.05, 0.1) is 12.6 Å². The van der Waals surface area contributed by atoms with Gasteiger partial charge in [0.25, 0.3) is 0 Å². The highest BCUT2D eigenvalue weighted by Gasteiger charge is 2.18. The normalized spacial score (nSPS) is 10.7. The molecule has 0 saturated heterocycles. The van der Waals surface area contributed by atoms with Crippen molar-refractivity contribution in [1.29, 1.82) is 0 Å². The van der Waals surface area contributed by atoms with Crippen molar-refractivity contribution in [3.63, 3.8) is 0 Å². The lowest BCUT2D eigenvalue weighted by Gasteiger charge is -1.99. The van der Waals surface area contributed by atoms with Crippen LogP contribution in [0.5, 0.6) is 0 Å². The van der Waals surface area contributed by atoms with Gasteiger partial charge in [0.2, 0.25) is 0 Å². The molecule has 2 heterocycles. The first-order chi connectivity index (χ1) is 9.69. The summed E-state index contributed by atoms with van der Waals surface area (Å²) in [5.41, 5.74) is 1.74. The van der Waals surface area contributed by atoms with Gasteiger partial charge in [-0.25, -0.2) is 9.78 Å². The Bertz CT molecular complexity index is 801. The predicted octanol–water partition coefficient (Wildman–Crippen LogP) is 3.80. The average molecular weight is 305 g/mol. The minimum Gasteiger partial charge on any atom is -0.465 e. The van der Waals surface area contributed by atoms with Crippen LogP contribution in [-0.4, -0.2) is 23.0 Å². The first-order valence-corrected chi connectivity index (χ1v) is 6.98. The highest BCUT2D eigenvalue weighted by molar-refractivity contribution is 7.17. The fourth-order valence-electron chi connectivity index (χ4n) is 1.84. The maximum Gasteiger partial charge on any atom is 0.351 e. The van der Waals surface area contributed by atoms with E-state index in [1.54, 1.807) is 6.20 Å². The summed E-state index contributed by atoms with van der Waals surface area (Å²) in [6.07, 6.45) is 1.74. The van der Waals surface area contributed by atoms with E-state index in [0.717, 1.165) is 16.5 Å². The number of fused-ring (bicyclic) bond motifs is 1. The standard InChI is InChI=1S/C14H9ClN2O2S/c1-19-14(18)11-12(15)17-13(20-11)9-5-4-8-3-2-6-16-10(8)7-9/h2-7H,1H3. The molecule has 100 valence electrons. The zero-order valence-corrected chi connectivity index (χ0v) is 12.0. The van der Waals surface area contributed by atoms with Gasteiger partial charge in [-0.2, -0.15) is 0 Å². The first kappa shape index (κ1) is 13.0. The molecule has 4 nitrogen and oxygen atoms in total. The van der Waals surface area contributed by atoms with Crippen molar-refractivity contribution < 1.29 is 9.53 Å². The number of pyridine rings is 1. The molecule has 0 radical (unpaired) electrons. The zero-order valence-electron chi connectivity index (χ0n) is 10.5. The molecule has 1 aromatic carbocycles. The van der Waals surface area contributed by atoms with E-state index in [1.807, 2.05) is 30.3 Å². The SMILES string of the molecule is COC(=O)c1sc(-c2ccc3cccnc3c2)nc1Cl. The third kappa shape index (κ3) is 2.26. The van der Waals surface area contributed by atoms with E-state index in [-0.39, 0.29) is 5.15 Å². The Morgan fingerprint density at radius 2 is 2.20 bits per heavy atom. The molecule has 0 aliphatic heterocycles. The Labute approximate surface area is 124 Å². The minimum atomic E-state index is -0.474. The monoisotopic (exact) mass is 304 g/mol. The molecule has 0 unspecified atom stereocenters. The summed E-state index contributed by atoms with van der Waals surface area (Å²) in [4.78, 5) is 20.4. The number of aromatic nitrogens is 2. The lowest BCUT2D eigenvalue weighted by molar-refractivity contribution is 0.0606. The highest BCUT2D eigenvalue weighted by Crippen LogP contribution is 2.32. The van der Waals surface area contributed by atoms with E-state index in [0.29, 0.717) is 9.88 Å². The molecule has 0 amide bonds. The summed E-state index contributed by atoms with van der Waals surface area (Å²) >= 11 is 7.18. The Kier molecular flexibility index (Phi) is 3.38. The summed E-state index contributed by atoms with van der Waals surface area (Å²) < 4.78 is 4.67. The van der Waals surface area contributed by atoms with E-state index in [9.17, 15) is 4.79 Å². The van der Waals surface area contributed by atoms with Gasteiger partial charge < -0.3 is 4.74 Å². The van der Waals surface area contributed by atoms with Crippen molar-refractivity contribution in [1.82, 2.24) is 9.97 Å². The number of carbonyl (C=O) groups is 1. The number of nitrogens with zero attached hydrogens (tertiary/aromatic N) is 2. The molecular formula is C14H9ClN2O2S. The van der Waals surface area contributed by atoms with Crippen LogP contribution in [-0.2, 0) is 4.74 Å². The van der Waals surface area contributed by atoms with Gasteiger partial charge in [0, 0.05) is 17.1 Å². The van der Waals surface area contributed by atoms with Crippen LogP contribution in [0.3, 0.4) is 0 Å². The predicted molar refractivity (Wildman–Crippen MR) is 79.2 cm³/mol. The molecule has 0 spiro atoms. The molecule has 0 fully saturated rings. The van der Waals surface area contributed by atoms with E-state index >= 15 is 0 Å². The molecule has 6 heteroatoms. The molecule has 2 aromatic heterocycles. The van der Waals surface area contributed by atoms with Crippen molar-refractivity contribution >= 4 is 39.8 Å². The van der Waals surface area contributed by atoms with Crippen LogP contribution < -0.4 is 0 Å². The zero-order chi connectivity index (χ0) is 14.1. The molecule has 0 saturated carbocycles. The minimum absolute atomic E-state index is 0.165. The molecule has 0 N–H and O–H groups in total. The maximum absolute atomic E-state index is 11.5. The van der Waals surface area contributed by atoms with Crippen LogP contribution in [0.15, 0.2) is 36.5 Å². The quantitative estimate of drug-likeness (QED) is 0.676. The van der Waals surface area contributed by atoms with E-state index < -0.39 is 5.97 Å². The second-order valence-corrected chi connectivity index (χ2v) is 5.40. The fourth-order valence-corrected chi connectivity index (χ4v) is 3.04. The summed E-state index contributed by atoms with van der Waals surface area (Å²) in [6.45, 7) is 0. The Hall–Kier alpha value is -1.98. The van der Waals surface area contributed by atoms with Crippen molar-refractivity contribution in [3.05, 3.63) is 46.6 Å². The van der Waals surface area contributed by atoms with Gasteiger partial charge in [-0.05, 0) is 12.1 Å². The number of rotatable bonds is 2. The molecular weight excluding hydrogens is 296 g/mol. The van der Waals surface area contributed by atoms with Gasteiger partial charge in [-0.1, -0.05) is 29.8 Å². The maximum atomic E-state index is 11.5. The second kappa shape index (κ2) is 5.19. The Morgan fingerprint density at radius 1 is 1.35 bits per heavy atom. The van der Waals surface area contributed by atoms with Crippen molar-refractivity contribution in [3.8, 4) is 10.6 Å². The number of esters is 1. The third-order valence-electron chi connectivity index (χ3n) is 2.81. The van der Waals surface area contributed by atoms with Gasteiger partial charge in [-0.3, -0.25) is 4.98 Å². The van der Waals surface area contributed by atoms with Crippen LogP contribution in [0.4, 0.5) is 0 Å². The summed E-state index contributed by atoms with van der Waals surface area (Å²) in [7, 11) is 1.32. The molecule has 0 bridgehead atoms. The average Bonchev–Trinajstić information content (AvgIpc) is 2.88. The third-order valence-corrected chi connectivity index (χ3v) is 4.28. The smallest absolute Gasteiger partial charge is 0.351 e. The highest BCUT2D eigenvalue weighted by atomic mass is 35.5. The molecule has 3 rings (SSSR count). The van der Waals surface area contributed by atoms with Crippen molar-refractivity contribution in [2.45, 2.75) is 0 Å². The number of ether oxygens (including phenoxy) is 1. The number of carbonyl (C=O) groups excluding carboxylic acids is 1. The van der Waals surface area contributed by atoms with Gasteiger partial charge in [0.1, 0.15) is 5.01 Å². The number of methoxy groups -OCH3 is 1. The Morgan fingerprint density at radius 3 is 3.00 bits per heavy atom. The summed E-state index contributed by atoms with van der Waals surface area (Å²) in [5.74, 6) is -0.474. The second-order valence-electron chi connectivity index (χ2n) is 4.04. The molecule has 0 atom stereocenters. The number of halogens is 1. The van der Waals surface area contributed by atoms with Crippen LogP contribution in [0.25, 0.3) is 21.5 Å².